The van der Waals surface area contributed by atoms with Crippen LogP contribution in [0.2, 0.25) is 0 Å². The molecule has 0 saturated carbocycles. The Morgan fingerprint density at radius 2 is 2.05 bits per heavy atom. The summed E-state index contributed by atoms with van der Waals surface area (Å²) in [4.78, 5) is 4.22. The number of nitrogens with one attached hydrogen (secondary N) is 2. The summed E-state index contributed by atoms with van der Waals surface area (Å²) in [7, 11) is 1.77. The molecule has 1 rings (SSSR count). The molecule has 1 heterocycles. The van der Waals surface area contributed by atoms with E-state index in [1.807, 2.05) is 6.92 Å². The Hall–Kier alpha value is -1.56. The number of aromatic nitrogens is 1. The lowest BCUT2D eigenvalue weighted by atomic mass is 10.1. The Kier molecular flexibility index (Phi) is 8.50. The van der Waals surface area contributed by atoms with Gasteiger partial charge in [-0.05, 0) is 19.8 Å². The van der Waals surface area contributed by atoms with Gasteiger partial charge in [0.15, 0.2) is 5.96 Å². The van der Waals surface area contributed by atoms with Gasteiger partial charge in [0.2, 0.25) is 0 Å². The Labute approximate surface area is 127 Å². The van der Waals surface area contributed by atoms with Crippen LogP contribution in [0.1, 0.15) is 44.2 Å². The lowest BCUT2D eigenvalue weighted by molar-refractivity contribution is 0.145. The first-order valence-electron chi connectivity index (χ1n) is 7.75. The van der Waals surface area contributed by atoms with Crippen LogP contribution in [-0.4, -0.2) is 37.9 Å². The Balaban J connectivity index is 2.43. The monoisotopic (exact) mass is 296 g/mol. The second-order valence-corrected chi connectivity index (χ2v) is 4.64. The molecule has 1 aromatic heterocycles. The van der Waals surface area contributed by atoms with E-state index in [-0.39, 0.29) is 0 Å². The van der Waals surface area contributed by atoms with Crippen molar-refractivity contribution in [3.8, 4) is 0 Å². The molecule has 0 aliphatic heterocycles. The van der Waals surface area contributed by atoms with Gasteiger partial charge < -0.3 is 19.9 Å². The number of aryl methyl sites for hydroxylation is 2. The van der Waals surface area contributed by atoms with Gasteiger partial charge >= 0.3 is 0 Å². The number of guanidine groups is 1. The molecule has 0 atom stereocenters. The molecule has 120 valence electrons. The highest BCUT2D eigenvalue weighted by Crippen LogP contribution is 2.15. The molecular weight excluding hydrogens is 268 g/mol. The van der Waals surface area contributed by atoms with Crippen molar-refractivity contribution >= 4 is 5.96 Å². The van der Waals surface area contributed by atoms with Crippen molar-refractivity contribution in [2.24, 2.45) is 4.99 Å². The Bertz CT molecular complexity index is 408. The molecule has 0 aliphatic rings. The first-order chi connectivity index (χ1) is 10.3. The maximum atomic E-state index is 5.36. The average molecular weight is 296 g/mol. The van der Waals surface area contributed by atoms with E-state index in [9.17, 15) is 0 Å². The second kappa shape index (κ2) is 10.2. The normalized spacial score (nSPS) is 11.7. The van der Waals surface area contributed by atoms with E-state index in [4.69, 9.17) is 9.26 Å². The molecular formula is C15H28N4O2. The number of hydrogen-bond acceptors (Lipinski definition) is 4. The first-order valence-corrected chi connectivity index (χ1v) is 7.75. The number of hydrogen-bond donors (Lipinski definition) is 2. The quantitative estimate of drug-likeness (QED) is 0.414. The molecule has 0 aromatic carbocycles. The van der Waals surface area contributed by atoms with Crippen LogP contribution in [0.3, 0.4) is 0 Å². The zero-order chi connectivity index (χ0) is 15.5. The van der Waals surface area contributed by atoms with Gasteiger partial charge in [-0.25, -0.2) is 0 Å². The highest BCUT2D eigenvalue weighted by atomic mass is 16.5. The van der Waals surface area contributed by atoms with E-state index >= 15 is 0 Å². The summed E-state index contributed by atoms with van der Waals surface area (Å²) >= 11 is 0. The minimum absolute atomic E-state index is 0.682. The van der Waals surface area contributed by atoms with Gasteiger partial charge in [-0.3, -0.25) is 4.99 Å². The van der Waals surface area contributed by atoms with E-state index in [2.05, 4.69) is 34.6 Å². The number of rotatable bonds is 9. The number of aliphatic imine (C=N–C) groups is 1. The van der Waals surface area contributed by atoms with Crippen LogP contribution in [-0.2, 0) is 24.1 Å². The molecule has 1 aromatic rings. The van der Waals surface area contributed by atoms with Gasteiger partial charge in [-0.15, -0.1) is 0 Å². The summed E-state index contributed by atoms with van der Waals surface area (Å²) in [5.74, 6) is 1.74. The maximum Gasteiger partial charge on any atom is 0.191 e. The van der Waals surface area contributed by atoms with E-state index in [0.29, 0.717) is 6.54 Å². The van der Waals surface area contributed by atoms with Crippen molar-refractivity contribution in [2.75, 3.05) is 26.8 Å². The average Bonchev–Trinajstić information content (AvgIpc) is 2.92. The van der Waals surface area contributed by atoms with E-state index in [1.54, 1.807) is 7.05 Å². The van der Waals surface area contributed by atoms with Crippen LogP contribution in [0.4, 0.5) is 0 Å². The summed E-state index contributed by atoms with van der Waals surface area (Å²) in [6.45, 7) is 9.22. The Morgan fingerprint density at radius 1 is 1.24 bits per heavy atom. The van der Waals surface area contributed by atoms with Crippen LogP contribution in [0, 0.1) is 0 Å². The third-order valence-electron chi connectivity index (χ3n) is 3.23. The molecule has 0 radical (unpaired) electrons. The van der Waals surface area contributed by atoms with Crippen LogP contribution in [0.5, 0.6) is 0 Å². The van der Waals surface area contributed by atoms with Crippen molar-refractivity contribution in [1.82, 2.24) is 15.8 Å². The lowest BCUT2D eigenvalue weighted by Crippen LogP contribution is -2.37. The standard InChI is InChI=1S/C15H28N4O2/c1-5-13-12(14(6-2)21-19-13)11-18-15(16-4)17-9-8-10-20-7-3/h5-11H2,1-4H3,(H2,16,17,18). The highest BCUT2D eigenvalue weighted by Gasteiger charge is 2.13. The first kappa shape index (κ1) is 17.5. The predicted molar refractivity (Wildman–Crippen MR) is 84.6 cm³/mol. The molecule has 0 saturated heterocycles. The molecule has 0 aliphatic carbocycles. The van der Waals surface area contributed by atoms with Crippen LogP contribution >= 0.6 is 0 Å². The topological polar surface area (TPSA) is 71.7 Å². The predicted octanol–water partition coefficient (Wildman–Crippen LogP) is 1.89. The molecule has 6 heteroatoms. The smallest absolute Gasteiger partial charge is 0.191 e. The van der Waals surface area contributed by atoms with Crippen LogP contribution in [0.15, 0.2) is 9.52 Å². The van der Waals surface area contributed by atoms with Gasteiger partial charge in [0.25, 0.3) is 0 Å². The van der Waals surface area contributed by atoms with Gasteiger partial charge in [0, 0.05) is 45.3 Å². The molecule has 2 N–H and O–H groups in total. The minimum Gasteiger partial charge on any atom is -0.382 e. The zero-order valence-electron chi connectivity index (χ0n) is 13.7. The molecule has 0 spiro atoms. The largest absolute Gasteiger partial charge is 0.382 e. The molecule has 0 fully saturated rings. The van der Waals surface area contributed by atoms with Gasteiger partial charge in [-0.2, -0.15) is 0 Å². The molecule has 21 heavy (non-hydrogen) atoms. The van der Waals surface area contributed by atoms with Gasteiger partial charge in [0.05, 0.1) is 5.69 Å². The lowest BCUT2D eigenvalue weighted by Gasteiger charge is -2.12. The number of nitrogens with zero attached hydrogens (tertiary/aromatic N) is 2. The fourth-order valence-electron chi connectivity index (χ4n) is 2.06. The summed E-state index contributed by atoms with van der Waals surface area (Å²) in [5.41, 5.74) is 2.17. The van der Waals surface area contributed by atoms with E-state index in [0.717, 1.165) is 62.0 Å². The third-order valence-corrected chi connectivity index (χ3v) is 3.23. The summed E-state index contributed by atoms with van der Waals surface area (Å²) < 4.78 is 10.7. The van der Waals surface area contributed by atoms with Gasteiger partial charge in [-0.1, -0.05) is 19.0 Å². The highest BCUT2D eigenvalue weighted by molar-refractivity contribution is 5.79. The molecule has 0 bridgehead atoms. The zero-order valence-corrected chi connectivity index (χ0v) is 13.7. The maximum absolute atomic E-state index is 5.36. The van der Waals surface area contributed by atoms with Crippen LogP contribution < -0.4 is 10.6 Å². The van der Waals surface area contributed by atoms with Crippen molar-refractivity contribution in [2.45, 2.75) is 46.6 Å². The second-order valence-electron chi connectivity index (χ2n) is 4.64. The summed E-state index contributed by atoms with van der Waals surface area (Å²) in [6, 6.07) is 0. The Morgan fingerprint density at radius 3 is 2.67 bits per heavy atom. The molecule has 6 nitrogen and oxygen atoms in total. The van der Waals surface area contributed by atoms with Gasteiger partial charge in [0.1, 0.15) is 5.76 Å². The summed E-state index contributed by atoms with van der Waals surface area (Å²) in [5, 5.41) is 10.7. The summed E-state index contributed by atoms with van der Waals surface area (Å²) in [6.07, 6.45) is 2.69. The van der Waals surface area contributed by atoms with Crippen molar-refractivity contribution in [3.63, 3.8) is 0 Å². The fourth-order valence-corrected chi connectivity index (χ4v) is 2.06. The van der Waals surface area contributed by atoms with E-state index in [1.165, 1.54) is 0 Å². The third kappa shape index (κ3) is 5.75. The van der Waals surface area contributed by atoms with Crippen molar-refractivity contribution < 1.29 is 9.26 Å². The number of ether oxygens (including phenoxy) is 1. The van der Waals surface area contributed by atoms with Crippen molar-refractivity contribution in [3.05, 3.63) is 17.0 Å². The molecule has 0 amide bonds. The SMILES string of the molecule is CCOCCCNC(=NC)NCc1c(CC)noc1CC. The van der Waals surface area contributed by atoms with Crippen molar-refractivity contribution in [1.29, 1.82) is 0 Å². The minimum atomic E-state index is 0.682. The molecule has 0 unspecified atom stereocenters. The van der Waals surface area contributed by atoms with E-state index < -0.39 is 0 Å². The fraction of sp³-hybridized carbons (Fsp3) is 0.733. The van der Waals surface area contributed by atoms with Crippen LogP contribution in [0.25, 0.3) is 0 Å².